The van der Waals surface area contributed by atoms with Crippen LogP contribution >= 0.6 is 0 Å². The predicted molar refractivity (Wildman–Crippen MR) is 103 cm³/mol. The van der Waals surface area contributed by atoms with Gasteiger partial charge in [0, 0.05) is 11.0 Å². The van der Waals surface area contributed by atoms with Gasteiger partial charge in [-0.1, -0.05) is 33.8 Å². The Morgan fingerprint density at radius 3 is 2.64 bits per heavy atom. The Balaban J connectivity index is 1.65. The van der Waals surface area contributed by atoms with Gasteiger partial charge in [-0.25, -0.2) is 19.3 Å². The minimum absolute atomic E-state index is 0.0248. The second kappa shape index (κ2) is 6.40. The third-order valence-electron chi connectivity index (χ3n) is 4.80. The van der Waals surface area contributed by atoms with Crippen molar-refractivity contribution in [2.24, 2.45) is 0 Å². The number of nitrogens with one attached hydrogen (secondary N) is 1. The number of benzene rings is 1. The molecule has 0 aliphatic carbocycles. The number of ether oxygens (including phenoxy) is 2. The molecule has 0 saturated carbocycles. The predicted octanol–water partition coefficient (Wildman–Crippen LogP) is 3.25. The summed E-state index contributed by atoms with van der Waals surface area (Å²) >= 11 is 0. The van der Waals surface area contributed by atoms with Crippen molar-refractivity contribution in [3.05, 3.63) is 52.3 Å². The Bertz CT molecular complexity index is 1080. The van der Waals surface area contributed by atoms with Crippen LogP contribution in [0.2, 0.25) is 0 Å². The summed E-state index contributed by atoms with van der Waals surface area (Å²) in [7, 11) is 0. The average Bonchev–Trinajstić information content (AvgIpc) is 3.12. The molecule has 3 heterocycles. The first-order chi connectivity index (χ1) is 13.3. The second-order valence-corrected chi connectivity index (χ2v) is 7.79. The topological polar surface area (TPSA) is 102 Å². The second-order valence-electron chi connectivity index (χ2n) is 7.79. The Hall–Kier alpha value is -3.29. The van der Waals surface area contributed by atoms with Crippen LogP contribution in [0, 0.1) is 0 Å². The molecule has 1 aliphatic rings. The molecule has 146 valence electrons. The van der Waals surface area contributed by atoms with Crippen molar-refractivity contribution >= 4 is 0 Å². The van der Waals surface area contributed by atoms with Gasteiger partial charge in [0.2, 0.25) is 5.88 Å². The number of nitrogens with zero attached hydrogens (tertiary/aromatic N) is 3. The summed E-state index contributed by atoms with van der Waals surface area (Å²) < 4.78 is 12.8. The molecule has 0 atom stereocenters. The molecule has 0 radical (unpaired) electrons. The lowest BCUT2D eigenvalue weighted by molar-refractivity contribution is 0.290. The molecule has 0 fully saturated rings. The minimum Gasteiger partial charge on any atom is -0.493 e. The molecule has 8 nitrogen and oxygen atoms in total. The van der Waals surface area contributed by atoms with Crippen LogP contribution in [0.15, 0.2) is 35.4 Å². The fourth-order valence-electron chi connectivity index (χ4n) is 3.38. The molecule has 0 unspecified atom stereocenters. The molecule has 4 rings (SSSR count). The summed E-state index contributed by atoms with van der Waals surface area (Å²) in [6.45, 7) is 8.51. The molecule has 3 aromatic rings. The van der Waals surface area contributed by atoms with Crippen molar-refractivity contribution in [2.75, 3.05) is 6.61 Å². The van der Waals surface area contributed by atoms with E-state index in [9.17, 15) is 9.90 Å². The molecule has 2 aromatic heterocycles. The molecule has 28 heavy (non-hydrogen) atoms. The van der Waals surface area contributed by atoms with Crippen molar-refractivity contribution < 1.29 is 14.6 Å². The Kier molecular flexibility index (Phi) is 4.14. The zero-order valence-electron chi connectivity index (χ0n) is 16.2. The number of aromatic hydroxyl groups is 1. The van der Waals surface area contributed by atoms with Crippen LogP contribution in [0.4, 0.5) is 0 Å². The van der Waals surface area contributed by atoms with Gasteiger partial charge in [-0.05, 0) is 18.1 Å². The summed E-state index contributed by atoms with van der Waals surface area (Å²) in [5.41, 5.74) is 1.16. The van der Waals surface area contributed by atoms with E-state index in [0.29, 0.717) is 23.7 Å². The minimum atomic E-state index is -0.446. The van der Waals surface area contributed by atoms with Crippen LogP contribution in [0.25, 0.3) is 5.69 Å². The van der Waals surface area contributed by atoms with Crippen molar-refractivity contribution in [2.45, 2.75) is 39.0 Å². The summed E-state index contributed by atoms with van der Waals surface area (Å²) in [6, 6.07) is 5.76. The molecule has 0 spiro atoms. The van der Waals surface area contributed by atoms with Crippen molar-refractivity contribution in [3.63, 3.8) is 0 Å². The van der Waals surface area contributed by atoms with E-state index in [0.717, 1.165) is 15.9 Å². The highest BCUT2D eigenvalue weighted by atomic mass is 16.5. The first-order valence-electron chi connectivity index (χ1n) is 9.08. The van der Waals surface area contributed by atoms with E-state index in [1.807, 2.05) is 32.0 Å². The molecule has 0 amide bonds. The van der Waals surface area contributed by atoms with Crippen LogP contribution in [0.5, 0.6) is 23.4 Å². The SMILES string of the molecule is CC(C)c1[nH]c(=O)n(-c2cnc(Oc3cccc4c3C(C)(C)CO4)nc2)c1O. The molecule has 1 aliphatic heterocycles. The van der Waals surface area contributed by atoms with Crippen LogP contribution in [0.3, 0.4) is 0 Å². The Labute approximate surface area is 161 Å². The maximum Gasteiger partial charge on any atom is 0.333 e. The van der Waals surface area contributed by atoms with Crippen LogP contribution in [-0.4, -0.2) is 31.2 Å². The number of hydrogen-bond donors (Lipinski definition) is 2. The smallest absolute Gasteiger partial charge is 0.333 e. The summed E-state index contributed by atoms with van der Waals surface area (Å²) in [4.78, 5) is 23.2. The fraction of sp³-hybridized carbons (Fsp3) is 0.350. The number of H-pyrrole nitrogens is 1. The zero-order chi connectivity index (χ0) is 20.1. The van der Waals surface area contributed by atoms with E-state index < -0.39 is 5.69 Å². The lowest BCUT2D eigenvalue weighted by Gasteiger charge is -2.18. The third kappa shape index (κ3) is 2.90. The van der Waals surface area contributed by atoms with Crippen molar-refractivity contribution in [1.82, 2.24) is 19.5 Å². The van der Waals surface area contributed by atoms with Gasteiger partial charge in [-0.15, -0.1) is 0 Å². The van der Waals surface area contributed by atoms with Crippen molar-refractivity contribution in [1.29, 1.82) is 0 Å². The average molecular weight is 382 g/mol. The number of aromatic nitrogens is 4. The van der Waals surface area contributed by atoms with E-state index in [-0.39, 0.29) is 23.2 Å². The van der Waals surface area contributed by atoms with Crippen LogP contribution in [0.1, 0.15) is 44.9 Å². The maximum absolute atomic E-state index is 12.2. The Morgan fingerprint density at radius 2 is 2.00 bits per heavy atom. The monoisotopic (exact) mass is 382 g/mol. The van der Waals surface area contributed by atoms with E-state index in [1.54, 1.807) is 0 Å². The van der Waals surface area contributed by atoms with Gasteiger partial charge < -0.3 is 19.6 Å². The van der Waals surface area contributed by atoms with E-state index in [4.69, 9.17) is 9.47 Å². The standard InChI is InChI=1S/C20H22N4O4/c1-11(2)16-17(25)24(19(26)23-16)12-8-21-18(22-9-12)28-14-7-5-6-13-15(14)20(3,4)10-27-13/h5-9,11,25H,10H2,1-4H3,(H,23,26). The molecular weight excluding hydrogens is 360 g/mol. The Morgan fingerprint density at radius 1 is 1.29 bits per heavy atom. The maximum atomic E-state index is 12.2. The molecular formula is C20H22N4O4. The van der Waals surface area contributed by atoms with Gasteiger partial charge >= 0.3 is 11.7 Å². The van der Waals surface area contributed by atoms with E-state index in [1.165, 1.54) is 12.4 Å². The summed E-state index contributed by atoms with van der Waals surface area (Å²) in [5.74, 6) is 1.26. The lowest BCUT2D eigenvalue weighted by atomic mass is 9.86. The van der Waals surface area contributed by atoms with E-state index >= 15 is 0 Å². The van der Waals surface area contributed by atoms with Crippen LogP contribution in [-0.2, 0) is 5.41 Å². The normalized spacial score (nSPS) is 14.8. The molecule has 0 saturated heterocycles. The van der Waals surface area contributed by atoms with Gasteiger partial charge in [-0.2, -0.15) is 0 Å². The highest BCUT2D eigenvalue weighted by Crippen LogP contribution is 2.44. The quantitative estimate of drug-likeness (QED) is 0.718. The fourth-order valence-corrected chi connectivity index (χ4v) is 3.38. The lowest BCUT2D eigenvalue weighted by Crippen LogP contribution is -2.19. The van der Waals surface area contributed by atoms with E-state index in [2.05, 4.69) is 28.8 Å². The van der Waals surface area contributed by atoms with Crippen LogP contribution < -0.4 is 15.2 Å². The highest BCUT2D eigenvalue weighted by molar-refractivity contribution is 5.52. The van der Waals surface area contributed by atoms with Crippen molar-refractivity contribution in [3.8, 4) is 29.1 Å². The number of aromatic amines is 1. The summed E-state index contributed by atoms with van der Waals surface area (Å²) in [6.07, 6.45) is 2.87. The van der Waals surface area contributed by atoms with Gasteiger partial charge in [0.1, 0.15) is 11.5 Å². The highest BCUT2D eigenvalue weighted by Gasteiger charge is 2.35. The summed E-state index contributed by atoms with van der Waals surface area (Å²) in [5, 5.41) is 10.3. The first-order valence-corrected chi connectivity index (χ1v) is 9.08. The third-order valence-corrected chi connectivity index (χ3v) is 4.80. The number of hydrogen-bond acceptors (Lipinski definition) is 6. The molecule has 8 heteroatoms. The first kappa shape index (κ1) is 18.1. The van der Waals surface area contributed by atoms with Gasteiger partial charge in [0.25, 0.3) is 0 Å². The molecule has 2 N–H and O–H groups in total. The molecule has 0 bridgehead atoms. The van der Waals surface area contributed by atoms with Gasteiger partial charge in [0.05, 0.1) is 30.4 Å². The number of fused-ring (bicyclic) bond motifs is 1. The van der Waals surface area contributed by atoms with Gasteiger partial charge in [-0.3, -0.25) is 0 Å². The number of imidazole rings is 1. The number of rotatable bonds is 4. The zero-order valence-corrected chi connectivity index (χ0v) is 16.2. The largest absolute Gasteiger partial charge is 0.493 e. The van der Waals surface area contributed by atoms with Gasteiger partial charge in [0.15, 0.2) is 0 Å². The molecule has 1 aromatic carbocycles.